The quantitative estimate of drug-likeness (QED) is 0.312. The van der Waals surface area contributed by atoms with Crippen LogP contribution in [0.25, 0.3) is 21.5 Å². The van der Waals surface area contributed by atoms with Crippen molar-refractivity contribution in [3.63, 3.8) is 0 Å². The molecule has 0 fully saturated rings. The molecule has 1 heterocycles. The summed E-state index contributed by atoms with van der Waals surface area (Å²) < 4.78 is 4.80. The van der Waals surface area contributed by atoms with Crippen molar-refractivity contribution < 1.29 is 4.74 Å². The standard InChI is InChI=1S/C20H19Br.C5H6O/c21-13-12-15-5-3-7-18-17(15)10-11-19-16-6-2-1-4-14(16)8-9-20(18)19;1-2-4-6-5-3-1/h1-2,4,6,8-11,15H,3,5,7,12-13H2;1-4H,5H2. The number of benzene rings is 3. The van der Waals surface area contributed by atoms with Crippen molar-refractivity contribution in [3.05, 3.63) is 84.1 Å². The molecule has 0 radical (unpaired) electrons. The topological polar surface area (TPSA) is 9.23 Å². The number of halogens is 1. The smallest absolute Gasteiger partial charge is 0.106 e. The fraction of sp³-hybridized carbons (Fsp3) is 0.280. The number of alkyl halides is 1. The van der Waals surface area contributed by atoms with Crippen molar-refractivity contribution in [2.45, 2.75) is 31.6 Å². The molecule has 138 valence electrons. The average molecular weight is 421 g/mol. The van der Waals surface area contributed by atoms with E-state index in [1.165, 1.54) is 47.2 Å². The summed E-state index contributed by atoms with van der Waals surface area (Å²) in [6.45, 7) is 0.733. The van der Waals surface area contributed by atoms with Crippen molar-refractivity contribution in [1.29, 1.82) is 0 Å². The Kier molecular flexibility index (Phi) is 5.94. The Morgan fingerprint density at radius 1 is 0.926 bits per heavy atom. The molecule has 1 aliphatic heterocycles. The van der Waals surface area contributed by atoms with Crippen LogP contribution in [0.3, 0.4) is 0 Å². The Bertz CT molecular complexity index is 974. The van der Waals surface area contributed by atoms with Crippen LogP contribution < -0.4 is 0 Å². The van der Waals surface area contributed by atoms with Crippen molar-refractivity contribution in [2.75, 3.05) is 11.9 Å². The molecule has 1 aliphatic carbocycles. The van der Waals surface area contributed by atoms with E-state index in [2.05, 4.69) is 64.5 Å². The van der Waals surface area contributed by atoms with E-state index in [1.54, 1.807) is 17.4 Å². The van der Waals surface area contributed by atoms with Crippen LogP contribution in [0.15, 0.2) is 73.0 Å². The van der Waals surface area contributed by atoms with Gasteiger partial charge in [-0.15, -0.1) is 0 Å². The molecule has 3 aromatic rings. The van der Waals surface area contributed by atoms with Crippen LogP contribution in [0, 0.1) is 0 Å². The van der Waals surface area contributed by atoms with E-state index >= 15 is 0 Å². The van der Waals surface area contributed by atoms with Gasteiger partial charge < -0.3 is 4.74 Å². The minimum absolute atomic E-state index is 0.733. The molecule has 0 spiro atoms. The molecule has 0 aromatic heterocycles. The normalized spacial score (nSPS) is 17.9. The lowest BCUT2D eigenvalue weighted by Crippen LogP contribution is -2.10. The molecule has 1 unspecified atom stereocenters. The maximum atomic E-state index is 4.80. The Labute approximate surface area is 169 Å². The van der Waals surface area contributed by atoms with Gasteiger partial charge in [-0.25, -0.2) is 0 Å². The van der Waals surface area contributed by atoms with E-state index in [1.807, 2.05) is 18.2 Å². The summed E-state index contributed by atoms with van der Waals surface area (Å²) in [6.07, 6.45) is 12.6. The first-order valence-electron chi connectivity index (χ1n) is 9.81. The molecule has 0 bridgehead atoms. The maximum Gasteiger partial charge on any atom is 0.106 e. The second-order valence-corrected chi connectivity index (χ2v) is 7.96. The van der Waals surface area contributed by atoms with Gasteiger partial charge in [-0.1, -0.05) is 70.5 Å². The number of ether oxygens (including phenoxy) is 1. The highest BCUT2D eigenvalue weighted by atomic mass is 79.9. The molecule has 0 N–H and O–H groups in total. The zero-order chi connectivity index (χ0) is 18.5. The highest BCUT2D eigenvalue weighted by molar-refractivity contribution is 9.09. The zero-order valence-corrected chi connectivity index (χ0v) is 17.1. The van der Waals surface area contributed by atoms with Gasteiger partial charge in [0.1, 0.15) is 6.61 Å². The van der Waals surface area contributed by atoms with Gasteiger partial charge >= 0.3 is 0 Å². The lowest BCUT2D eigenvalue weighted by molar-refractivity contribution is 0.286. The Morgan fingerprint density at radius 2 is 1.81 bits per heavy atom. The molecule has 0 saturated heterocycles. The van der Waals surface area contributed by atoms with Gasteiger partial charge in [-0.3, -0.25) is 0 Å². The zero-order valence-electron chi connectivity index (χ0n) is 15.5. The second kappa shape index (κ2) is 8.75. The lowest BCUT2D eigenvalue weighted by Gasteiger charge is -2.26. The Morgan fingerprint density at radius 3 is 2.56 bits per heavy atom. The van der Waals surface area contributed by atoms with Gasteiger partial charge in [0.15, 0.2) is 0 Å². The highest BCUT2D eigenvalue weighted by Gasteiger charge is 2.21. The van der Waals surface area contributed by atoms with E-state index in [4.69, 9.17) is 4.74 Å². The number of aryl methyl sites for hydroxylation is 1. The summed E-state index contributed by atoms with van der Waals surface area (Å²) in [5.74, 6) is 0.740. The van der Waals surface area contributed by atoms with E-state index in [0.29, 0.717) is 0 Å². The first kappa shape index (κ1) is 18.3. The average Bonchev–Trinajstić information content (AvgIpc) is 2.75. The number of hydrogen-bond acceptors (Lipinski definition) is 1. The molecular formula is C25H25BrO. The third-order valence-electron chi connectivity index (χ3n) is 5.57. The minimum atomic E-state index is 0.733. The van der Waals surface area contributed by atoms with Crippen molar-refractivity contribution >= 4 is 37.5 Å². The number of hydrogen-bond donors (Lipinski definition) is 0. The summed E-state index contributed by atoms with van der Waals surface area (Å²) in [4.78, 5) is 0. The SMILES string of the molecule is BrCCC1CCCc2c1ccc1c2ccc2ccccc21.C1=CCOC=C1. The van der Waals surface area contributed by atoms with Crippen molar-refractivity contribution in [2.24, 2.45) is 0 Å². The Hall–Kier alpha value is -2.06. The van der Waals surface area contributed by atoms with Crippen molar-refractivity contribution in [3.8, 4) is 0 Å². The van der Waals surface area contributed by atoms with Gasteiger partial charge in [0.2, 0.25) is 0 Å². The summed E-state index contributed by atoms with van der Waals surface area (Å²) in [5, 5.41) is 6.74. The third kappa shape index (κ3) is 3.96. The van der Waals surface area contributed by atoms with E-state index in [9.17, 15) is 0 Å². The largest absolute Gasteiger partial charge is 0.497 e. The van der Waals surface area contributed by atoms with Crippen molar-refractivity contribution in [1.82, 2.24) is 0 Å². The fourth-order valence-corrected chi connectivity index (χ4v) is 4.84. The molecule has 27 heavy (non-hydrogen) atoms. The molecule has 5 rings (SSSR count). The van der Waals surface area contributed by atoms with Gasteiger partial charge in [-0.2, -0.15) is 0 Å². The van der Waals surface area contributed by atoms with Crippen LogP contribution in [-0.2, 0) is 11.2 Å². The first-order valence-corrected chi connectivity index (χ1v) is 10.9. The molecule has 0 saturated carbocycles. The lowest BCUT2D eigenvalue weighted by atomic mass is 9.79. The predicted molar refractivity (Wildman–Crippen MR) is 120 cm³/mol. The van der Waals surface area contributed by atoms with E-state index in [0.717, 1.165) is 17.9 Å². The summed E-state index contributed by atoms with van der Waals surface area (Å²) >= 11 is 3.62. The summed E-state index contributed by atoms with van der Waals surface area (Å²) in [7, 11) is 0. The van der Waals surface area contributed by atoms with Crippen LogP contribution in [0.5, 0.6) is 0 Å². The molecular weight excluding hydrogens is 396 g/mol. The first-order chi connectivity index (χ1) is 13.4. The molecule has 3 aromatic carbocycles. The fourth-order valence-electron chi connectivity index (χ4n) is 4.29. The summed E-state index contributed by atoms with van der Waals surface area (Å²) in [6, 6.07) is 18.1. The molecule has 2 aliphatic rings. The van der Waals surface area contributed by atoms with E-state index in [-0.39, 0.29) is 0 Å². The van der Waals surface area contributed by atoms with Gasteiger partial charge in [-0.05, 0) is 76.4 Å². The summed E-state index contributed by atoms with van der Waals surface area (Å²) in [5.41, 5.74) is 3.21. The highest BCUT2D eigenvalue weighted by Crippen LogP contribution is 2.39. The maximum absolute atomic E-state index is 4.80. The number of rotatable bonds is 2. The second-order valence-electron chi connectivity index (χ2n) is 7.17. The minimum Gasteiger partial charge on any atom is -0.497 e. The van der Waals surface area contributed by atoms with E-state index < -0.39 is 0 Å². The number of fused-ring (bicyclic) bond motifs is 5. The third-order valence-corrected chi connectivity index (χ3v) is 6.02. The van der Waals surface area contributed by atoms with Crippen LogP contribution in [0.4, 0.5) is 0 Å². The van der Waals surface area contributed by atoms with Gasteiger partial charge in [0.05, 0.1) is 6.26 Å². The van der Waals surface area contributed by atoms with Crippen LogP contribution >= 0.6 is 15.9 Å². The predicted octanol–water partition coefficient (Wildman–Crippen LogP) is 7.28. The van der Waals surface area contributed by atoms with Crippen LogP contribution in [0.1, 0.15) is 36.3 Å². The molecule has 1 atom stereocenters. The van der Waals surface area contributed by atoms with Crippen LogP contribution in [0.2, 0.25) is 0 Å². The van der Waals surface area contributed by atoms with Gasteiger partial charge in [0, 0.05) is 5.33 Å². The molecule has 1 nitrogen and oxygen atoms in total. The molecule has 0 amide bonds. The Balaban J connectivity index is 0.000000257. The monoisotopic (exact) mass is 420 g/mol. The number of allylic oxidation sites excluding steroid dienone is 2. The van der Waals surface area contributed by atoms with Crippen LogP contribution in [-0.4, -0.2) is 11.9 Å². The molecule has 2 heteroatoms. The van der Waals surface area contributed by atoms with Gasteiger partial charge in [0.25, 0.3) is 0 Å².